The SMILES string of the molecule is C#CCC(N)C(=O)Nc1ccn[nH]1. The minimum Gasteiger partial charge on any atom is -0.319 e. The van der Waals surface area contributed by atoms with Crippen molar-refractivity contribution >= 4 is 11.7 Å². The fourth-order valence-corrected chi connectivity index (χ4v) is 0.771. The quantitative estimate of drug-likeness (QED) is 0.555. The van der Waals surface area contributed by atoms with Gasteiger partial charge in [-0.3, -0.25) is 9.89 Å². The van der Waals surface area contributed by atoms with E-state index >= 15 is 0 Å². The molecule has 1 aromatic heterocycles. The first kappa shape index (κ1) is 9.29. The molecular formula is C8H10N4O. The van der Waals surface area contributed by atoms with Gasteiger partial charge in [0, 0.05) is 12.5 Å². The topological polar surface area (TPSA) is 83.8 Å². The van der Waals surface area contributed by atoms with Gasteiger partial charge in [-0.25, -0.2) is 0 Å². The van der Waals surface area contributed by atoms with E-state index in [0.717, 1.165) is 0 Å². The van der Waals surface area contributed by atoms with E-state index in [-0.39, 0.29) is 12.3 Å². The molecule has 5 heteroatoms. The van der Waals surface area contributed by atoms with Crippen LogP contribution in [0.1, 0.15) is 6.42 Å². The highest BCUT2D eigenvalue weighted by atomic mass is 16.2. The second-order valence-corrected chi connectivity index (χ2v) is 2.47. The lowest BCUT2D eigenvalue weighted by atomic mass is 10.2. The maximum absolute atomic E-state index is 11.2. The van der Waals surface area contributed by atoms with Crippen LogP contribution in [0.2, 0.25) is 0 Å². The fraction of sp³-hybridized carbons (Fsp3) is 0.250. The lowest BCUT2D eigenvalue weighted by Crippen LogP contribution is -2.35. The minimum atomic E-state index is -0.673. The van der Waals surface area contributed by atoms with Crippen molar-refractivity contribution in [3.8, 4) is 12.3 Å². The number of nitrogens with two attached hydrogens (primary N) is 1. The predicted molar refractivity (Wildman–Crippen MR) is 48.6 cm³/mol. The van der Waals surface area contributed by atoms with Crippen LogP contribution < -0.4 is 11.1 Å². The molecule has 0 aliphatic heterocycles. The molecule has 1 atom stereocenters. The third-order valence-electron chi connectivity index (χ3n) is 1.43. The first-order chi connectivity index (χ1) is 6.24. The lowest BCUT2D eigenvalue weighted by molar-refractivity contribution is -0.117. The van der Waals surface area contributed by atoms with Gasteiger partial charge in [0.2, 0.25) is 5.91 Å². The van der Waals surface area contributed by atoms with Crippen LogP contribution in [-0.2, 0) is 4.79 Å². The first-order valence-corrected chi connectivity index (χ1v) is 3.73. The average molecular weight is 178 g/mol. The normalized spacial score (nSPS) is 11.7. The summed E-state index contributed by atoms with van der Waals surface area (Å²) in [5.41, 5.74) is 5.46. The highest BCUT2D eigenvalue weighted by molar-refractivity contribution is 5.93. The Morgan fingerprint density at radius 1 is 1.92 bits per heavy atom. The van der Waals surface area contributed by atoms with Gasteiger partial charge < -0.3 is 11.1 Å². The first-order valence-electron chi connectivity index (χ1n) is 3.73. The van der Waals surface area contributed by atoms with E-state index in [1.54, 1.807) is 6.07 Å². The van der Waals surface area contributed by atoms with E-state index in [0.29, 0.717) is 5.82 Å². The molecule has 1 aromatic rings. The Morgan fingerprint density at radius 2 is 2.69 bits per heavy atom. The number of carbonyl (C=O) groups excluding carboxylic acids is 1. The van der Waals surface area contributed by atoms with Gasteiger partial charge in [-0.05, 0) is 0 Å². The van der Waals surface area contributed by atoms with Gasteiger partial charge in [-0.2, -0.15) is 5.10 Å². The van der Waals surface area contributed by atoms with Gasteiger partial charge in [0.1, 0.15) is 5.82 Å². The number of anilines is 1. The Morgan fingerprint density at radius 3 is 3.23 bits per heavy atom. The summed E-state index contributed by atoms with van der Waals surface area (Å²) in [5.74, 6) is 2.51. The molecule has 0 spiro atoms. The lowest BCUT2D eigenvalue weighted by Gasteiger charge is -2.06. The average Bonchev–Trinajstić information content (AvgIpc) is 2.57. The summed E-state index contributed by atoms with van der Waals surface area (Å²) >= 11 is 0. The van der Waals surface area contributed by atoms with Gasteiger partial charge in [-0.1, -0.05) is 0 Å². The third-order valence-corrected chi connectivity index (χ3v) is 1.43. The zero-order chi connectivity index (χ0) is 9.68. The van der Waals surface area contributed by atoms with E-state index in [4.69, 9.17) is 12.2 Å². The van der Waals surface area contributed by atoms with Crippen LogP contribution in [0.4, 0.5) is 5.82 Å². The Balaban J connectivity index is 2.47. The standard InChI is InChI=1S/C8H10N4O/c1-2-3-6(9)8(13)11-7-4-5-10-12-7/h1,4-6H,3,9H2,(H2,10,11,12,13). The Labute approximate surface area is 75.7 Å². The Bertz CT molecular complexity index is 311. The van der Waals surface area contributed by atoms with Crippen LogP contribution in [0, 0.1) is 12.3 Å². The van der Waals surface area contributed by atoms with E-state index < -0.39 is 6.04 Å². The highest BCUT2D eigenvalue weighted by Crippen LogP contribution is 1.99. The number of nitrogens with one attached hydrogen (secondary N) is 2. The number of hydrogen-bond acceptors (Lipinski definition) is 3. The zero-order valence-corrected chi connectivity index (χ0v) is 6.95. The second-order valence-electron chi connectivity index (χ2n) is 2.47. The van der Waals surface area contributed by atoms with E-state index in [1.165, 1.54) is 6.20 Å². The monoisotopic (exact) mass is 178 g/mol. The third kappa shape index (κ3) is 2.61. The van der Waals surface area contributed by atoms with Gasteiger partial charge in [0.05, 0.1) is 12.2 Å². The van der Waals surface area contributed by atoms with Crippen LogP contribution >= 0.6 is 0 Å². The van der Waals surface area contributed by atoms with Crippen molar-refractivity contribution in [3.63, 3.8) is 0 Å². The molecule has 1 amide bonds. The Hall–Kier alpha value is -1.80. The highest BCUT2D eigenvalue weighted by Gasteiger charge is 2.11. The summed E-state index contributed by atoms with van der Waals surface area (Å²) in [5, 5.41) is 8.76. The summed E-state index contributed by atoms with van der Waals surface area (Å²) in [6, 6.07) is 0.953. The van der Waals surface area contributed by atoms with Crippen molar-refractivity contribution in [2.24, 2.45) is 5.73 Å². The molecule has 68 valence electrons. The predicted octanol–water partition coefficient (Wildman–Crippen LogP) is -0.301. The molecule has 4 N–H and O–H groups in total. The Kier molecular flexibility index (Phi) is 3.06. The molecule has 13 heavy (non-hydrogen) atoms. The van der Waals surface area contributed by atoms with Crippen LogP contribution in [0.25, 0.3) is 0 Å². The smallest absolute Gasteiger partial charge is 0.243 e. The largest absolute Gasteiger partial charge is 0.319 e. The fourth-order valence-electron chi connectivity index (χ4n) is 0.771. The molecule has 0 bridgehead atoms. The molecule has 1 unspecified atom stereocenters. The van der Waals surface area contributed by atoms with Gasteiger partial charge in [0.15, 0.2) is 0 Å². The molecule has 0 radical (unpaired) electrons. The molecule has 0 saturated heterocycles. The molecule has 0 saturated carbocycles. The zero-order valence-electron chi connectivity index (χ0n) is 6.95. The molecule has 1 rings (SSSR count). The number of nitrogens with zero attached hydrogens (tertiary/aromatic N) is 1. The maximum atomic E-state index is 11.2. The molecule has 0 aliphatic carbocycles. The van der Waals surface area contributed by atoms with Crippen LogP contribution in [0.5, 0.6) is 0 Å². The van der Waals surface area contributed by atoms with Crippen molar-refractivity contribution in [2.75, 3.05) is 5.32 Å². The summed E-state index contributed by atoms with van der Waals surface area (Å²) in [6.45, 7) is 0. The minimum absolute atomic E-state index is 0.222. The molecule has 0 fully saturated rings. The van der Waals surface area contributed by atoms with E-state index in [1.807, 2.05) is 0 Å². The van der Waals surface area contributed by atoms with Crippen LogP contribution in [-0.4, -0.2) is 22.1 Å². The molecule has 0 aromatic carbocycles. The van der Waals surface area contributed by atoms with Gasteiger partial charge >= 0.3 is 0 Å². The molecule has 0 aliphatic rings. The second kappa shape index (κ2) is 4.28. The van der Waals surface area contributed by atoms with Gasteiger partial charge in [0.25, 0.3) is 0 Å². The molecule has 5 nitrogen and oxygen atoms in total. The summed E-state index contributed by atoms with van der Waals surface area (Å²) in [7, 11) is 0. The number of aromatic amines is 1. The van der Waals surface area contributed by atoms with Crippen molar-refractivity contribution in [1.82, 2.24) is 10.2 Å². The van der Waals surface area contributed by atoms with Crippen molar-refractivity contribution in [1.29, 1.82) is 0 Å². The molecular weight excluding hydrogens is 168 g/mol. The summed E-state index contributed by atoms with van der Waals surface area (Å²) in [4.78, 5) is 11.2. The number of terminal acetylenes is 1. The molecule has 1 heterocycles. The summed E-state index contributed by atoms with van der Waals surface area (Å²) in [6.07, 6.45) is 6.76. The van der Waals surface area contributed by atoms with Gasteiger partial charge in [-0.15, -0.1) is 12.3 Å². The number of rotatable bonds is 3. The van der Waals surface area contributed by atoms with Crippen LogP contribution in [0.15, 0.2) is 12.3 Å². The number of aromatic nitrogens is 2. The van der Waals surface area contributed by atoms with E-state index in [2.05, 4.69) is 21.4 Å². The van der Waals surface area contributed by atoms with Crippen LogP contribution in [0.3, 0.4) is 0 Å². The summed E-state index contributed by atoms with van der Waals surface area (Å²) < 4.78 is 0. The maximum Gasteiger partial charge on any atom is 0.243 e. The number of amides is 1. The van der Waals surface area contributed by atoms with Crippen molar-refractivity contribution in [3.05, 3.63) is 12.3 Å². The van der Waals surface area contributed by atoms with E-state index in [9.17, 15) is 4.79 Å². The number of H-pyrrole nitrogens is 1. The van der Waals surface area contributed by atoms with Crippen molar-refractivity contribution in [2.45, 2.75) is 12.5 Å². The number of hydrogen-bond donors (Lipinski definition) is 3. The van der Waals surface area contributed by atoms with Crippen molar-refractivity contribution < 1.29 is 4.79 Å². The number of carbonyl (C=O) groups is 1.